The van der Waals surface area contributed by atoms with E-state index in [4.69, 9.17) is 10.00 Å². The molecule has 0 aromatic carbocycles. The molecule has 0 spiro atoms. The number of hydrogen-bond donors (Lipinski definition) is 3. The van der Waals surface area contributed by atoms with Crippen LogP contribution in [0.1, 0.15) is 63.3 Å². The second kappa shape index (κ2) is 12.3. The van der Waals surface area contributed by atoms with Crippen LogP contribution in [0.25, 0.3) is 0 Å². The zero-order chi connectivity index (χ0) is 24.3. The fourth-order valence-corrected chi connectivity index (χ4v) is 3.46. The van der Waals surface area contributed by atoms with E-state index in [1.807, 2.05) is 18.2 Å². The summed E-state index contributed by atoms with van der Waals surface area (Å²) in [6.45, 7) is 11.3. The van der Waals surface area contributed by atoms with Crippen molar-refractivity contribution in [2.24, 2.45) is 10.8 Å². The van der Waals surface area contributed by atoms with Gasteiger partial charge in [0.15, 0.2) is 5.82 Å². The molecule has 0 saturated heterocycles. The number of hydrogen-bond acceptors (Lipinski definition) is 5. The largest absolute Gasteiger partial charge is 0.383 e. The predicted octanol–water partition coefficient (Wildman–Crippen LogP) is 4.41. The zero-order valence-corrected chi connectivity index (χ0v) is 20.5. The summed E-state index contributed by atoms with van der Waals surface area (Å²) < 4.78 is 5.13. The van der Waals surface area contributed by atoms with Crippen molar-refractivity contribution in [3.05, 3.63) is 65.4 Å². The number of carbonyl (C=O) groups excluding carboxylic acids is 1. The van der Waals surface area contributed by atoms with Crippen molar-refractivity contribution < 1.29 is 9.53 Å². The van der Waals surface area contributed by atoms with Crippen LogP contribution in [0.3, 0.4) is 0 Å². The Morgan fingerprint density at radius 3 is 2.85 bits per heavy atom. The Labute approximate surface area is 197 Å². The van der Waals surface area contributed by atoms with Gasteiger partial charge in [-0.3, -0.25) is 4.79 Å². The van der Waals surface area contributed by atoms with Gasteiger partial charge in [-0.05, 0) is 36.3 Å². The molecule has 0 fully saturated rings. The highest BCUT2D eigenvalue weighted by Gasteiger charge is 2.22. The summed E-state index contributed by atoms with van der Waals surface area (Å²) in [4.78, 5) is 18.7. The van der Waals surface area contributed by atoms with Crippen molar-refractivity contribution in [1.82, 2.24) is 20.6 Å². The minimum absolute atomic E-state index is 0.107. The Morgan fingerprint density at radius 1 is 1.42 bits per heavy atom. The molecule has 3 N–H and O–H groups in total. The van der Waals surface area contributed by atoms with E-state index in [1.165, 1.54) is 18.2 Å². The molecule has 1 aliphatic rings. The summed E-state index contributed by atoms with van der Waals surface area (Å²) in [6, 6.07) is 1.92. The maximum absolute atomic E-state index is 12.2. The van der Waals surface area contributed by atoms with E-state index in [1.54, 1.807) is 13.3 Å². The molecular weight excluding hydrogens is 414 g/mol. The molecule has 1 amide bonds. The number of methoxy groups -OCH3 is 1. The van der Waals surface area contributed by atoms with E-state index in [2.05, 4.69) is 66.5 Å². The van der Waals surface area contributed by atoms with Crippen LogP contribution in [0, 0.1) is 22.2 Å². The van der Waals surface area contributed by atoms with Crippen LogP contribution in [-0.2, 0) is 4.74 Å². The lowest BCUT2D eigenvalue weighted by Gasteiger charge is -2.29. The third kappa shape index (κ3) is 8.83. The number of nitrogens with one attached hydrogen (secondary N) is 3. The number of allylic oxidation sites excluding steroid dienone is 6. The smallest absolute Gasteiger partial charge is 0.291 e. The molecule has 0 radical (unpaired) electrons. The van der Waals surface area contributed by atoms with E-state index in [-0.39, 0.29) is 16.9 Å². The van der Waals surface area contributed by atoms with E-state index in [0.717, 1.165) is 31.5 Å². The Morgan fingerprint density at radius 2 is 2.21 bits per heavy atom. The van der Waals surface area contributed by atoms with Gasteiger partial charge in [0.05, 0.1) is 12.8 Å². The quantitative estimate of drug-likeness (QED) is 0.342. The Hall–Kier alpha value is -2.95. The number of aromatic amines is 1. The zero-order valence-electron chi connectivity index (χ0n) is 20.5. The molecule has 0 atom stereocenters. The molecule has 0 unspecified atom stereocenters. The van der Waals surface area contributed by atoms with E-state index >= 15 is 0 Å². The van der Waals surface area contributed by atoms with Crippen LogP contribution in [0.15, 0.2) is 53.9 Å². The number of nitriles is 1. The SMILES string of the molecule is COCCNCC(C)(C)C(/C=C/C1=CCC(C)(C)CC1)=C/C=C/NC(=O)c1ncc(C#N)[nH]1. The van der Waals surface area contributed by atoms with Crippen molar-refractivity contribution in [3.63, 3.8) is 0 Å². The number of carbonyl (C=O) groups is 1. The van der Waals surface area contributed by atoms with Crippen molar-refractivity contribution in [3.8, 4) is 6.07 Å². The van der Waals surface area contributed by atoms with Gasteiger partial charge >= 0.3 is 0 Å². The maximum Gasteiger partial charge on any atom is 0.291 e. The molecule has 33 heavy (non-hydrogen) atoms. The van der Waals surface area contributed by atoms with Gasteiger partial charge in [-0.1, -0.05) is 57.6 Å². The van der Waals surface area contributed by atoms with Gasteiger partial charge < -0.3 is 20.4 Å². The molecule has 1 aliphatic carbocycles. The highest BCUT2D eigenvalue weighted by Crippen LogP contribution is 2.35. The van der Waals surface area contributed by atoms with E-state index < -0.39 is 5.91 Å². The normalized spacial score (nSPS) is 16.7. The molecule has 7 heteroatoms. The molecule has 0 bridgehead atoms. The molecule has 178 valence electrons. The maximum atomic E-state index is 12.2. The lowest BCUT2D eigenvalue weighted by Crippen LogP contribution is -2.32. The van der Waals surface area contributed by atoms with Gasteiger partial charge in [0.2, 0.25) is 0 Å². The molecule has 7 nitrogen and oxygen atoms in total. The molecule has 0 aliphatic heterocycles. The van der Waals surface area contributed by atoms with Crippen LogP contribution in [0.5, 0.6) is 0 Å². The Bertz CT molecular complexity index is 958. The standard InChI is InChI=1S/C26H37N5O2/c1-25(2)12-10-20(11-13-25)8-9-21(26(3,4)19-28-15-16-33-5)7-6-14-29-24(32)23-30-18-22(17-27)31-23/h6-10,14,18,28H,11-13,15-16,19H2,1-5H3,(H,29,32)(H,30,31)/b9-8+,14-6+,21-7+. The Kier molecular flexibility index (Phi) is 9.83. The summed E-state index contributed by atoms with van der Waals surface area (Å²) >= 11 is 0. The first-order chi connectivity index (χ1) is 15.7. The number of rotatable bonds is 11. The lowest BCUT2D eigenvalue weighted by atomic mass is 9.78. The number of ether oxygens (including phenoxy) is 1. The highest BCUT2D eigenvalue weighted by molar-refractivity contribution is 5.91. The third-order valence-corrected chi connectivity index (χ3v) is 5.81. The Balaban J connectivity index is 2.11. The van der Waals surface area contributed by atoms with Crippen LogP contribution in [0.2, 0.25) is 0 Å². The molecule has 0 saturated carbocycles. The molecular formula is C26H37N5O2. The molecule has 2 rings (SSSR count). The predicted molar refractivity (Wildman–Crippen MR) is 131 cm³/mol. The number of imidazole rings is 1. The van der Waals surface area contributed by atoms with Crippen molar-refractivity contribution >= 4 is 5.91 Å². The molecule has 1 heterocycles. The summed E-state index contributed by atoms with van der Waals surface area (Å²) in [6.07, 6.45) is 16.9. The summed E-state index contributed by atoms with van der Waals surface area (Å²) in [5, 5.41) is 15.0. The summed E-state index contributed by atoms with van der Waals surface area (Å²) in [5.74, 6) is -0.288. The summed E-state index contributed by atoms with van der Waals surface area (Å²) in [5.41, 5.74) is 3.01. The van der Waals surface area contributed by atoms with Crippen molar-refractivity contribution in [1.29, 1.82) is 5.26 Å². The number of amides is 1. The van der Waals surface area contributed by atoms with Gasteiger partial charge in [-0.2, -0.15) is 5.26 Å². The van der Waals surface area contributed by atoms with Crippen LogP contribution in [0.4, 0.5) is 0 Å². The number of nitrogens with zero attached hydrogens (tertiary/aromatic N) is 2. The van der Waals surface area contributed by atoms with Gasteiger partial charge in [0.25, 0.3) is 5.91 Å². The van der Waals surface area contributed by atoms with Crippen molar-refractivity contribution in [2.75, 3.05) is 26.8 Å². The second-order valence-electron chi connectivity index (χ2n) is 9.75. The number of H-pyrrole nitrogens is 1. The first-order valence-corrected chi connectivity index (χ1v) is 11.4. The average Bonchev–Trinajstić information content (AvgIpc) is 3.26. The first kappa shape index (κ1) is 26.3. The fraction of sp³-hybridized carbons (Fsp3) is 0.500. The van der Waals surface area contributed by atoms with Crippen LogP contribution in [-0.4, -0.2) is 42.7 Å². The van der Waals surface area contributed by atoms with Gasteiger partial charge in [0, 0.05) is 31.8 Å². The molecule has 1 aromatic rings. The minimum Gasteiger partial charge on any atom is -0.383 e. The summed E-state index contributed by atoms with van der Waals surface area (Å²) in [7, 11) is 1.70. The van der Waals surface area contributed by atoms with E-state index in [9.17, 15) is 4.79 Å². The van der Waals surface area contributed by atoms with Gasteiger partial charge in [-0.15, -0.1) is 0 Å². The lowest BCUT2D eigenvalue weighted by molar-refractivity contribution is 0.0961. The third-order valence-electron chi connectivity index (χ3n) is 5.81. The molecule has 1 aromatic heterocycles. The van der Waals surface area contributed by atoms with Gasteiger partial charge in [0.1, 0.15) is 11.8 Å². The first-order valence-electron chi connectivity index (χ1n) is 11.4. The number of aromatic nitrogens is 2. The van der Waals surface area contributed by atoms with E-state index in [0.29, 0.717) is 12.0 Å². The monoisotopic (exact) mass is 451 g/mol. The minimum atomic E-state index is -0.395. The second-order valence-corrected chi connectivity index (χ2v) is 9.75. The van der Waals surface area contributed by atoms with Crippen molar-refractivity contribution in [2.45, 2.75) is 47.0 Å². The van der Waals surface area contributed by atoms with Crippen LogP contribution >= 0.6 is 0 Å². The highest BCUT2D eigenvalue weighted by atomic mass is 16.5. The van der Waals surface area contributed by atoms with Crippen LogP contribution < -0.4 is 10.6 Å². The average molecular weight is 452 g/mol. The fourth-order valence-electron chi connectivity index (χ4n) is 3.46. The topological polar surface area (TPSA) is 103 Å². The van der Waals surface area contributed by atoms with Gasteiger partial charge in [-0.25, -0.2) is 4.98 Å².